The first-order valence-corrected chi connectivity index (χ1v) is 5.60. The van der Waals surface area contributed by atoms with E-state index < -0.39 is 11.9 Å². The third kappa shape index (κ3) is 2.09. The molecule has 1 N–H and O–H groups in total. The van der Waals surface area contributed by atoms with Crippen LogP contribution in [0.2, 0.25) is 0 Å². The van der Waals surface area contributed by atoms with Crippen LogP contribution in [0.4, 0.5) is 4.39 Å². The molecule has 3 heteroatoms. The molecule has 0 aliphatic heterocycles. The van der Waals surface area contributed by atoms with Crippen LogP contribution in [0.3, 0.4) is 0 Å². The summed E-state index contributed by atoms with van der Waals surface area (Å²) in [5, 5.41) is 8.99. The summed E-state index contributed by atoms with van der Waals surface area (Å²) in [6, 6.07) is 8.69. The number of carboxylic acid groups (broad SMARTS) is 1. The summed E-state index contributed by atoms with van der Waals surface area (Å²) in [6.07, 6.45) is 1.44. The average Bonchev–Trinajstić information content (AvgIpc) is 2.81. The fourth-order valence-electron chi connectivity index (χ4n) is 2.31. The molecule has 2 rings (SSSR count). The molecule has 2 atom stereocenters. The Morgan fingerprint density at radius 1 is 1.35 bits per heavy atom. The Morgan fingerprint density at radius 3 is 2.41 bits per heavy atom. The van der Waals surface area contributed by atoms with Crippen LogP contribution in [0.1, 0.15) is 19.4 Å². The van der Waals surface area contributed by atoms with Crippen molar-refractivity contribution in [3.05, 3.63) is 42.0 Å². The lowest BCUT2D eigenvalue weighted by Gasteiger charge is -1.99. The smallest absolute Gasteiger partial charge is 0.307 e. The van der Waals surface area contributed by atoms with Crippen molar-refractivity contribution in [2.45, 2.75) is 13.8 Å². The first-order chi connectivity index (χ1) is 7.94. The third-order valence-electron chi connectivity index (χ3n) is 3.55. The lowest BCUT2D eigenvalue weighted by molar-refractivity contribution is -0.139. The van der Waals surface area contributed by atoms with Crippen molar-refractivity contribution in [1.82, 2.24) is 0 Å². The van der Waals surface area contributed by atoms with Crippen LogP contribution in [0, 0.1) is 17.3 Å². The molecule has 0 heterocycles. The summed E-state index contributed by atoms with van der Waals surface area (Å²) in [5.74, 6) is -1.89. The summed E-state index contributed by atoms with van der Waals surface area (Å²) < 4.78 is 13.9. The number of aliphatic carboxylic acids is 1. The van der Waals surface area contributed by atoms with Gasteiger partial charge in [-0.2, -0.15) is 0 Å². The number of hydrogen-bond donors (Lipinski definition) is 1. The maximum absolute atomic E-state index is 13.9. The lowest BCUT2D eigenvalue weighted by Crippen LogP contribution is -2.03. The van der Waals surface area contributed by atoms with Crippen molar-refractivity contribution >= 4 is 11.8 Å². The standard InChI is InChI=1S/C14H15FO2/c1-14(2)10(12(14)13(16)17)8-11(15)9-6-4-3-5-7-9/h3-8,10,12H,1-2H3,(H,16,17). The van der Waals surface area contributed by atoms with E-state index in [4.69, 9.17) is 5.11 Å². The fourth-order valence-corrected chi connectivity index (χ4v) is 2.31. The molecule has 0 aromatic heterocycles. The van der Waals surface area contributed by atoms with Gasteiger partial charge in [0.05, 0.1) is 5.92 Å². The number of allylic oxidation sites excluding steroid dienone is 1. The van der Waals surface area contributed by atoms with Gasteiger partial charge in [0, 0.05) is 5.56 Å². The van der Waals surface area contributed by atoms with Gasteiger partial charge < -0.3 is 5.11 Å². The number of carbonyl (C=O) groups is 1. The minimum absolute atomic E-state index is 0.222. The summed E-state index contributed by atoms with van der Waals surface area (Å²) in [5.41, 5.74) is 0.150. The van der Waals surface area contributed by atoms with Crippen molar-refractivity contribution in [2.75, 3.05) is 0 Å². The van der Waals surface area contributed by atoms with Crippen molar-refractivity contribution in [1.29, 1.82) is 0 Å². The molecule has 2 unspecified atom stereocenters. The number of hydrogen-bond acceptors (Lipinski definition) is 1. The third-order valence-corrected chi connectivity index (χ3v) is 3.55. The van der Waals surface area contributed by atoms with Crippen molar-refractivity contribution < 1.29 is 14.3 Å². The second kappa shape index (κ2) is 3.99. The van der Waals surface area contributed by atoms with Gasteiger partial charge in [0.1, 0.15) is 5.83 Å². The summed E-state index contributed by atoms with van der Waals surface area (Å²) in [7, 11) is 0. The van der Waals surface area contributed by atoms with Crippen LogP contribution < -0.4 is 0 Å². The predicted molar refractivity (Wildman–Crippen MR) is 63.9 cm³/mol. The summed E-state index contributed by atoms with van der Waals surface area (Å²) in [6.45, 7) is 3.70. The molecule has 1 aromatic rings. The molecule has 1 aliphatic carbocycles. The lowest BCUT2D eigenvalue weighted by atomic mass is 10.1. The van der Waals surface area contributed by atoms with Gasteiger partial charge in [0.2, 0.25) is 0 Å². The van der Waals surface area contributed by atoms with Crippen molar-refractivity contribution in [3.8, 4) is 0 Å². The van der Waals surface area contributed by atoms with Gasteiger partial charge in [0.15, 0.2) is 0 Å². The molecule has 0 radical (unpaired) electrons. The van der Waals surface area contributed by atoms with E-state index in [1.165, 1.54) is 6.08 Å². The predicted octanol–water partition coefficient (Wildman–Crippen LogP) is 3.35. The van der Waals surface area contributed by atoms with E-state index in [1.807, 2.05) is 19.9 Å². The van der Waals surface area contributed by atoms with Crippen molar-refractivity contribution in [2.24, 2.45) is 17.3 Å². The largest absolute Gasteiger partial charge is 0.481 e. The topological polar surface area (TPSA) is 37.3 Å². The van der Waals surface area contributed by atoms with E-state index in [2.05, 4.69) is 0 Å². The highest BCUT2D eigenvalue weighted by Crippen LogP contribution is 2.59. The molecule has 0 bridgehead atoms. The Labute approximate surface area is 99.8 Å². The van der Waals surface area contributed by atoms with Gasteiger partial charge in [0.25, 0.3) is 0 Å². The Hall–Kier alpha value is -1.64. The maximum Gasteiger partial charge on any atom is 0.307 e. The molecule has 2 nitrogen and oxygen atoms in total. The average molecular weight is 234 g/mol. The van der Waals surface area contributed by atoms with Crippen molar-refractivity contribution in [3.63, 3.8) is 0 Å². The van der Waals surface area contributed by atoms with Crippen LogP contribution in [0.5, 0.6) is 0 Å². The number of carboxylic acids is 1. The van der Waals surface area contributed by atoms with Gasteiger partial charge in [-0.05, 0) is 17.4 Å². The van der Waals surface area contributed by atoms with E-state index >= 15 is 0 Å². The van der Waals surface area contributed by atoms with E-state index in [1.54, 1.807) is 24.3 Å². The Kier molecular flexibility index (Phi) is 2.77. The summed E-state index contributed by atoms with van der Waals surface area (Å²) in [4.78, 5) is 11.0. The number of benzene rings is 1. The van der Waals surface area contributed by atoms with Gasteiger partial charge in [-0.25, -0.2) is 4.39 Å². The highest BCUT2D eigenvalue weighted by atomic mass is 19.1. The zero-order valence-electron chi connectivity index (χ0n) is 9.85. The van der Waals surface area contributed by atoms with E-state index in [0.29, 0.717) is 5.56 Å². The Balaban J connectivity index is 2.20. The SMILES string of the molecule is CC1(C)C(C=C(F)c2ccccc2)C1C(=O)O. The van der Waals surface area contributed by atoms with E-state index in [9.17, 15) is 9.18 Å². The van der Waals surface area contributed by atoms with Crippen LogP contribution >= 0.6 is 0 Å². The van der Waals surface area contributed by atoms with Crippen LogP contribution in [0.15, 0.2) is 36.4 Å². The van der Waals surface area contributed by atoms with Gasteiger partial charge >= 0.3 is 5.97 Å². The number of rotatable bonds is 3. The monoisotopic (exact) mass is 234 g/mol. The van der Waals surface area contributed by atoms with E-state index in [0.717, 1.165) is 0 Å². The Morgan fingerprint density at radius 2 is 1.94 bits per heavy atom. The quantitative estimate of drug-likeness (QED) is 0.870. The van der Waals surface area contributed by atoms with Gasteiger partial charge in [-0.1, -0.05) is 44.2 Å². The first kappa shape index (κ1) is 11.8. The molecule has 1 saturated carbocycles. The molecular weight excluding hydrogens is 219 g/mol. The maximum atomic E-state index is 13.9. The van der Waals surface area contributed by atoms with Crippen LogP contribution in [-0.2, 0) is 4.79 Å². The van der Waals surface area contributed by atoms with Gasteiger partial charge in [-0.15, -0.1) is 0 Å². The Bertz CT molecular complexity index is 462. The normalized spacial score (nSPS) is 26.6. The first-order valence-electron chi connectivity index (χ1n) is 5.60. The van der Waals surface area contributed by atoms with Crippen LogP contribution in [-0.4, -0.2) is 11.1 Å². The second-order valence-corrected chi connectivity index (χ2v) is 5.04. The molecule has 1 fully saturated rings. The number of halogens is 1. The molecule has 1 aliphatic rings. The summed E-state index contributed by atoms with van der Waals surface area (Å²) >= 11 is 0. The van der Waals surface area contributed by atoms with E-state index in [-0.39, 0.29) is 17.2 Å². The molecule has 90 valence electrons. The zero-order chi connectivity index (χ0) is 12.6. The molecule has 0 saturated heterocycles. The molecular formula is C14H15FO2. The fraction of sp³-hybridized carbons (Fsp3) is 0.357. The van der Waals surface area contributed by atoms with Crippen LogP contribution in [0.25, 0.3) is 5.83 Å². The van der Waals surface area contributed by atoms with Gasteiger partial charge in [-0.3, -0.25) is 4.79 Å². The minimum Gasteiger partial charge on any atom is -0.481 e. The molecule has 0 amide bonds. The molecule has 0 spiro atoms. The highest BCUT2D eigenvalue weighted by molar-refractivity contribution is 5.77. The highest BCUT2D eigenvalue weighted by Gasteiger charge is 2.61. The zero-order valence-corrected chi connectivity index (χ0v) is 9.85. The minimum atomic E-state index is -0.850. The molecule has 17 heavy (non-hydrogen) atoms. The second-order valence-electron chi connectivity index (χ2n) is 5.04. The molecule has 1 aromatic carbocycles.